The van der Waals surface area contributed by atoms with Gasteiger partial charge in [-0.05, 0) is 95.5 Å². The number of carbonyl (C=O) groups excluding carboxylic acids is 4. The Balaban J connectivity index is 1.30. The molecule has 0 atom stereocenters. The van der Waals surface area contributed by atoms with Crippen LogP contribution in [-0.4, -0.2) is 42.1 Å². The highest BCUT2D eigenvalue weighted by Gasteiger charge is 2.34. The minimum absolute atomic E-state index is 0.191. The first-order valence-corrected chi connectivity index (χ1v) is 15.1. The van der Waals surface area contributed by atoms with Crippen molar-refractivity contribution in [1.29, 1.82) is 0 Å². The van der Waals surface area contributed by atoms with Crippen molar-refractivity contribution >= 4 is 35.0 Å². The fourth-order valence-corrected chi connectivity index (χ4v) is 5.86. The predicted octanol–water partition coefficient (Wildman–Crippen LogP) is 6.04. The summed E-state index contributed by atoms with van der Waals surface area (Å²) in [6, 6.07) is 12.0. The zero-order chi connectivity index (χ0) is 30.3. The molecule has 0 bridgehead atoms. The number of para-hydroxylation sites is 2. The molecule has 0 saturated heterocycles. The Morgan fingerprint density at radius 2 is 1.21 bits per heavy atom. The lowest BCUT2D eigenvalue weighted by Gasteiger charge is -2.26. The van der Waals surface area contributed by atoms with Crippen molar-refractivity contribution in [3.05, 3.63) is 42.5 Å². The standard InChI is InChI=1S/C33H37NO9/c1-3-39-30(35)20-9-13-22(14-10-20)32(37)41-24-17-18-27(25(19-24)29-34-26-7-5-6-8-28(26)42-29)43-33(38)23-15-11-21(12-16-23)31(36)40-4-2/h5-8,17-23H,3-4,9-16H2,1-2H3/t20-,21?,22-,23?. The zero-order valence-electron chi connectivity index (χ0n) is 24.5. The van der Waals surface area contributed by atoms with Crippen molar-refractivity contribution in [2.45, 2.75) is 65.2 Å². The number of benzene rings is 2. The van der Waals surface area contributed by atoms with Crippen LogP contribution >= 0.6 is 0 Å². The molecule has 0 spiro atoms. The summed E-state index contributed by atoms with van der Waals surface area (Å²) in [7, 11) is 0. The van der Waals surface area contributed by atoms with E-state index in [0.717, 1.165) is 0 Å². The molecule has 0 aliphatic heterocycles. The fourth-order valence-electron chi connectivity index (χ4n) is 5.86. The van der Waals surface area contributed by atoms with Crippen LogP contribution in [0.5, 0.6) is 11.5 Å². The van der Waals surface area contributed by atoms with Crippen LogP contribution in [0.25, 0.3) is 22.6 Å². The summed E-state index contributed by atoms with van der Waals surface area (Å²) in [6.07, 6.45) is 4.39. The summed E-state index contributed by atoms with van der Waals surface area (Å²) in [5.41, 5.74) is 1.57. The molecule has 2 aliphatic carbocycles. The van der Waals surface area contributed by atoms with Crippen LogP contribution < -0.4 is 9.47 Å². The third-order valence-electron chi connectivity index (χ3n) is 8.27. The number of hydrogen-bond donors (Lipinski definition) is 0. The topological polar surface area (TPSA) is 131 Å². The van der Waals surface area contributed by atoms with E-state index in [1.165, 1.54) is 0 Å². The number of hydrogen-bond acceptors (Lipinski definition) is 10. The molecule has 5 rings (SSSR count). The third kappa shape index (κ3) is 7.24. The van der Waals surface area contributed by atoms with Crippen LogP contribution in [0.1, 0.15) is 65.2 Å². The zero-order valence-corrected chi connectivity index (χ0v) is 24.5. The molecule has 0 N–H and O–H groups in total. The van der Waals surface area contributed by atoms with E-state index in [2.05, 4.69) is 4.98 Å². The van der Waals surface area contributed by atoms with Gasteiger partial charge in [-0.25, -0.2) is 4.98 Å². The molecule has 0 amide bonds. The van der Waals surface area contributed by atoms with Gasteiger partial charge in [-0.1, -0.05) is 12.1 Å². The molecule has 2 saturated carbocycles. The van der Waals surface area contributed by atoms with Gasteiger partial charge in [-0.15, -0.1) is 0 Å². The van der Waals surface area contributed by atoms with Crippen LogP contribution in [-0.2, 0) is 28.7 Å². The molecule has 0 unspecified atom stereocenters. The normalized spacial score (nSPS) is 22.0. The minimum atomic E-state index is -0.400. The van der Waals surface area contributed by atoms with Crippen molar-refractivity contribution in [3.8, 4) is 23.0 Å². The Labute approximate surface area is 250 Å². The highest BCUT2D eigenvalue weighted by Crippen LogP contribution is 2.38. The molecule has 3 aromatic rings. The molecule has 1 aromatic heterocycles. The molecule has 2 fully saturated rings. The Hall–Kier alpha value is -4.21. The van der Waals surface area contributed by atoms with Gasteiger partial charge < -0.3 is 23.4 Å². The Kier molecular flexibility index (Phi) is 9.74. The van der Waals surface area contributed by atoms with Crippen molar-refractivity contribution < 1.29 is 42.5 Å². The van der Waals surface area contributed by atoms with E-state index < -0.39 is 5.97 Å². The number of nitrogens with zero attached hydrogens (tertiary/aromatic N) is 1. The van der Waals surface area contributed by atoms with Gasteiger partial charge in [0, 0.05) is 0 Å². The van der Waals surface area contributed by atoms with Crippen LogP contribution in [0.15, 0.2) is 46.9 Å². The summed E-state index contributed by atoms with van der Waals surface area (Å²) in [5.74, 6) is -1.57. The van der Waals surface area contributed by atoms with Crippen LogP contribution in [0.3, 0.4) is 0 Å². The van der Waals surface area contributed by atoms with Gasteiger partial charge in [0.2, 0.25) is 5.89 Å². The maximum atomic E-state index is 13.2. The van der Waals surface area contributed by atoms with Crippen molar-refractivity contribution in [2.24, 2.45) is 23.7 Å². The number of esters is 4. The molecule has 1 heterocycles. The molecule has 2 aliphatic rings. The van der Waals surface area contributed by atoms with Crippen molar-refractivity contribution in [1.82, 2.24) is 4.98 Å². The summed E-state index contributed by atoms with van der Waals surface area (Å²) >= 11 is 0. The maximum absolute atomic E-state index is 13.2. The molecular formula is C33H37NO9. The molecule has 2 aromatic carbocycles. The quantitative estimate of drug-likeness (QED) is 0.214. The lowest BCUT2D eigenvalue weighted by atomic mass is 9.82. The Morgan fingerprint density at radius 1 is 0.698 bits per heavy atom. The van der Waals surface area contributed by atoms with E-state index in [9.17, 15) is 19.2 Å². The van der Waals surface area contributed by atoms with Crippen LogP contribution in [0.4, 0.5) is 0 Å². The minimum Gasteiger partial charge on any atom is -0.466 e. The van der Waals surface area contributed by atoms with Gasteiger partial charge in [0.25, 0.3) is 0 Å². The molecule has 10 heteroatoms. The summed E-state index contributed by atoms with van der Waals surface area (Å²) < 4.78 is 27.9. The lowest BCUT2D eigenvalue weighted by Crippen LogP contribution is -2.29. The molecule has 0 radical (unpaired) electrons. The fraction of sp³-hybridized carbons (Fsp3) is 0.485. The maximum Gasteiger partial charge on any atom is 0.314 e. The highest BCUT2D eigenvalue weighted by molar-refractivity contribution is 5.82. The van der Waals surface area contributed by atoms with Crippen LogP contribution in [0.2, 0.25) is 0 Å². The number of fused-ring (bicyclic) bond motifs is 1. The average Bonchev–Trinajstić information content (AvgIpc) is 3.46. The van der Waals surface area contributed by atoms with Gasteiger partial charge in [0.15, 0.2) is 5.58 Å². The summed E-state index contributed by atoms with van der Waals surface area (Å²) in [4.78, 5) is 55.0. The molecule has 43 heavy (non-hydrogen) atoms. The van der Waals surface area contributed by atoms with Crippen molar-refractivity contribution in [2.75, 3.05) is 13.2 Å². The largest absolute Gasteiger partial charge is 0.466 e. The molecular weight excluding hydrogens is 554 g/mol. The second-order valence-electron chi connectivity index (χ2n) is 11.1. The van der Waals surface area contributed by atoms with Gasteiger partial charge in [-0.2, -0.15) is 0 Å². The number of rotatable bonds is 9. The van der Waals surface area contributed by atoms with Crippen LogP contribution in [0, 0.1) is 23.7 Å². The summed E-state index contributed by atoms with van der Waals surface area (Å²) in [6.45, 7) is 4.23. The van der Waals surface area contributed by atoms with Gasteiger partial charge in [0.05, 0.1) is 42.4 Å². The van der Waals surface area contributed by atoms with Crippen molar-refractivity contribution in [3.63, 3.8) is 0 Å². The molecule has 10 nitrogen and oxygen atoms in total. The average molecular weight is 592 g/mol. The van der Waals surface area contributed by atoms with E-state index in [4.69, 9.17) is 23.4 Å². The monoisotopic (exact) mass is 591 g/mol. The highest BCUT2D eigenvalue weighted by atomic mass is 16.5. The first-order chi connectivity index (χ1) is 20.9. The van der Waals surface area contributed by atoms with Gasteiger partial charge >= 0.3 is 23.9 Å². The smallest absolute Gasteiger partial charge is 0.314 e. The summed E-state index contributed by atoms with van der Waals surface area (Å²) in [5, 5.41) is 0. The van der Waals surface area contributed by atoms with Gasteiger partial charge in [0.1, 0.15) is 17.0 Å². The second kappa shape index (κ2) is 13.8. The Bertz CT molecular complexity index is 1430. The van der Waals surface area contributed by atoms with E-state index >= 15 is 0 Å². The number of carbonyl (C=O) groups is 4. The SMILES string of the molecule is CCOC(=O)C1CCC(C(=O)Oc2ccc(OC(=O)[C@H]3CC[C@H](C(=O)OCC)CC3)cc2-c2nc3ccccc3o2)CC1. The van der Waals surface area contributed by atoms with Gasteiger partial charge in [-0.3, -0.25) is 19.2 Å². The first-order valence-electron chi connectivity index (χ1n) is 15.1. The third-order valence-corrected chi connectivity index (χ3v) is 8.27. The van der Waals surface area contributed by atoms with E-state index in [-0.39, 0.29) is 59.0 Å². The van der Waals surface area contributed by atoms with E-state index in [1.54, 1.807) is 38.1 Å². The predicted molar refractivity (Wildman–Crippen MR) is 155 cm³/mol. The van der Waals surface area contributed by atoms with E-state index in [1.807, 2.05) is 18.2 Å². The number of ether oxygens (including phenoxy) is 4. The Morgan fingerprint density at radius 3 is 1.74 bits per heavy atom. The first kappa shape index (κ1) is 30.3. The second-order valence-corrected chi connectivity index (χ2v) is 11.1. The number of oxazole rings is 1. The lowest BCUT2D eigenvalue weighted by molar-refractivity contribution is -0.151. The molecule has 228 valence electrons. The van der Waals surface area contributed by atoms with E-state index in [0.29, 0.717) is 81.2 Å². The number of aromatic nitrogens is 1.